The first kappa shape index (κ1) is 11.5. The van der Waals surface area contributed by atoms with Crippen LogP contribution >= 0.6 is 0 Å². The van der Waals surface area contributed by atoms with Gasteiger partial charge in [0.25, 0.3) is 0 Å². The fourth-order valence-electron chi connectivity index (χ4n) is 2.40. The van der Waals surface area contributed by atoms with Crippen LogP contribution in [0.15, 0.2) is 11.6 Å². The minimum atomic E-state index is 0.444. The van der Waals surface area contributed by atoms with E-state index in [0.717, 1.165) is 30.1 Å². The van der Waals surface area contributed by atoms with E-state index in [9.17, 15) is 4.79 Å². The molecule has 1 saturated carbocycles. The van der Waals surface area contributed by atoms with Gasteiger partial charge in [0, 0.05) is 0 Å². The van der Waals surface area contributed by atoms with Crippen molar-refractivity contribution in [1.29, 1.82) is 0 Å². The molecule has 0 aromatic carbocycles. The summed E-state index contributed by atoms with van der Waals surface area (Å²) in [6.07, 6.45) is 6.77. The lowest BCUT2D eigenvalue weighted by atomic mass is 9.75. The average Bonchev–Trinajstić information content (AvgIpc) is 2.39. The van der Waals surface area contributed by atoms with Gasteiger partial charge < -0.3 is 0 Å². The summed E-state index contributed by atoms with van der Waals surface area (Å²) in [5.41, 5.74) is 1.32. The molecule has 1 aliphatic rings. The van der Waals surface area contributed by atoms with Crippen LogP contribution < -0.4 is 0 Å². The van der Waals surface area contributed by atoms with Crippen LogP contribution in [-0.4, -0.2) is 6.29 Å². The first-order chi connectivity index (χ1) is 6.48. The molecule has 1 aliphatic carbocycles. The van der Waals surface area contributed by atoms with E-state index in [2.05, 4.69) is 26.8 Å². The number of rotatable bonds is 3. The van der Waals surface area contributed by atoms with Crippen LogP contribution in [0, 0.1) is 17.3 Å². The van der Waals surface area contributed by atoms with Crippen molar-refractivity contribution in [3.8, 4) is 0 Å². The molecule has 2 unspecified atom stereocenters. The third kappa shape index (κ3) is 2.26. The average molecular weight is 194 g/mol. The van der Waals surface area contributed by atoms with Gasteiger partial charge >= 0.3 is 0 Å². The Morgan fingerprint density at radius 1 is 1.43 bits per heavy atom. The lowest BCUT2D eigenvalue weighted by Gasteiger charge is -2.30. The highest BCUT2D eigenvalue weighted by atomic mass is 16.1. The van der Waals surface area contributed by atoms with E-state index in [1.54, 1.807) is 0 Å². The largest absolute Gasteiger partial charge is 0.298 e. The van der Waals surface area contributed by atoms with Crippen LogP contribution in [0.2, 0.25) is 0 Å². The van der Waals surface area contributed by atoms with Gasteiger partial charge in [-0.05, 0) is 49.0 Å². The Kier molecular flexibility index (Phi) is 3.52. The first-order valence-electron chi connectivity index (χ1n) is 5.60. The quantitative estimate of drug-likeness (QED) is 0.495. The lowest BCUT2D eigenvalue weighted by Crippen LogP contribution is -2.22. The SMILES string of the molecule is C/C(C=O)=C\CC1CCC(C)C1(C)C. The van der Waals surface area contributed by atoms with Gasteiger partial charge in [0.2, 0.25) is 0 Å². The van der Waals surface area contributed by atoms with Crippen molar-refractivity contribution in [1.82, 2.24) is 0 Å². The van der Waals surface area contributed by atoms with Crippen LogP contribution in [0.5, 0.6) is 0 Å². The van der Waals surface area contributed by atoms with Crippen LogP contribution in [0.3, 0.4) is 0 Å². The number of aldehydes is 1. The lowest BCUT2D eigenvalue weighted by molar-refractivity contribution is -0.104. The molecule has 0 aromatic rings. The second-order valence-corrected chi connectivity index (χ2v) is 5.30. The number of allylic oxidation sites excluding steroid dienone is 2. The first-order valence-corrected chi connectivity index (χ1v) is 5.60. The van der Waals surface area contributed by atoms with E-state index >= 15 is 0 Å². The molecule has 0 bridgehead atoms. The Hall–Kier alpha value is -0.590. The molecular weight excluding hydrogens is 172 g/mol. The normalized spacial score (nSPS) is 31.9. The Balaban J connectivity index is 2.59. The molecule has 0 aliphatic heterocycles. The number of hydrogen-bond acceptors (Lipinski definition) is 1. The van der Waals surface area contributed by atoms with Gasteiger partial charge in [0.15, 0.2) is 0 Å². The zero-order chi connectivity index (χ0) is 10.8. The van der Waals surface area contributed by atoms with Gasteiger partial charge in [-0.15, -0.1) is 0 Å². The summed E-state index contributed by atoms with van der Waals surface area (Å²) in [5.74, 6) is 1.57. The topological polar surface area (TPSA) is 17.1 Å². The van der Waals surface area contributed by atoms with Crippen molar-refractivity contribution < 1.29 is 4.79 Å². The van der Waals surface area contributed by atoms with Gasteiger partial charge in [0.05, 0.1) is 0 Å². The second-order valence-electron chi connectivity index (χ2n) is 5.30. The highest BCUT2D eigenvalue weighted by Gasteiger charge is 2.39. The maximum atomic E-state index is 10.5. The van der Waals surface area contributed by atoms with E-state index in [-0.39, 0.29) is 0 Å². The molecule has 1 rings (SSSR count). The predicted molar refractivity (Wildman–Crippen MR) is 60.1 cm³/mol. The van der Waals surface area contributed by atoms with E-state index in [1.165, 1.54) is 12.8 Å². The zero-order valence-corrected chi connectivity index (χ0v) is 9.84. The third-order valence-electron chi connectivity index (χ3n) is 4.18. The van der Waals surface area contributed by atoms with Crippen LogP contribution in [0.1, 0.15) is 47.0 Å². The molecule has 80 valence electrons. The molecule has 0 heterocycles. The smallest absolute Gasteiger partial charge is 0.145 e. The van der Waals surface area contributed by atoms with E-state index in [0.29, 0.717) is 5.41 Å². The monoisotopic (exact) mass is 194 g/mol. The van der Waals surface area contributed by atoms with Crippen molar-refractivity contribution in [2.24, 2.45) is 17.3 Å². The van der Waals surface area contributed by atoms with E-state index in [4.69, 9.17) is 0 Å². The van der Waals surface area contributed by atoms with E-state index in [1.807, 2.05) is 6.92 Å². The van der Waals surface area contributed by atoms with E-state index < -0.39 is 0 Å². The summed E-state index contributed by atoms with van der Waals surface area (Å²) in [6, 6.07) is 0. The van der Waals surface area contributed by atoms with Gasteiger partial charge in [-0.25, -0.2) is 0 Å². The molecule has 0 aromatic heterocycles. The summed E-state index contributed by atoms with van der Waals surface area (Å²) in [5, 5.41) is 0. The van der Waals surface area contributed by atoms with Crippen molar-refractivity contribution in [2.75, 3.05) is 0 Å². The minimum Gasteiger partial charge on any atom is -0.298 e. The Bertz CT molecular complexity index is 238. The number of carbonyl (C=O) groups is 1. The highest BCUT2D eigenvalue weighted by Crippen LogP contribution is 2.48. The van der Waals surface area contributed by atoms with Gasteiger partial charge in [-0.1, -0.05) is 26.8 Å². The van der Waals surface area contributed by atoms with Crippen LogP contribution in [0.25, 0.3) is 0 Å². The van der Waals surface area contributed by atoms with Crippen molar-refractivity contribution in [2.45, 2.75) is 47.0 Å². The molecule has 14 heavy (non-hydrogen) atoms. The maximum Gasteiger partial charge on any atom is 0.145 e. The Morgan fingerprint density at radius 2 is 2.07 bits per heavy atom. The van der Waals surface area contributed by atoms with Crippen molar-refractivity contribution >= 4 is 6.29 Å². The zero-order valence-electron chi connectivity index (χ0n) is 9.84. The molecule has 0 amide bonds. The minimum absolute atomic E-state index is 0.444. The Labute approximate surface area is 87.6 Å². The van der Waals surface area contributed by atoms with Crippen molar-refractivity contribution in [3.05, 3.63) is 11.6 Å². The molecule has 2 atom stereocenters. The maximum absolute atomic E-state index is 10.5. The Morgan fingerprint density at radius 3 is 2.50 bits per heavy atom. The summed E-state index contributed by atoms with van der Waals surface area (Å²) in [4.78, 5) is 10.5. The molecular formula is C13H22O. The molecule has 1 fully saturated rings. The number of carbonyl (C=O) groups excluding carboxylic acids is 1. The third-order valence-corrected chi connectivity index (χ3v) is 4.18. The fourth-order valence-corrected chi connectivity index (χ4v) is 2.40. The van der Waals surface area contributed by atoms with Crippen LogP contribution in [0.4, 0.5) is 0 Å². The molecule has 0 saturated heterocycles. The summed E-state index contributed by atoms with van der Waals surface area (Å²) >= 11 is 0. The highest BCUT2D eigenvalue weighted by molar-refractivity contribution is 5.71. The molecule has 0 radical (unpaired) electrons. The second kappa shape index (κ2) is 4.29. The molecule has 0 spiro atoms. The molecule has 0 N–H and O–H groups in total. The molecule has 1 heteroatoms. The summed E-state index contributed by atoms with van der Waals surface area (Å²) in [7, 11) is 0. The number of hydrogen-bond donors (Lipinski definition) is 0. The van der Waals surface area contributed by atoms with Crippen LogP contribution in [-0.2, 0) is 4.79 Å². The predicted octanol–water partition coefficient (Wildman–Crippen LogP) is 3.59. The van der Waals surface area contributed by atoms with Gasteiger partial charge in [-0.3, -0.25) is 4.79 Å². The summed E-state index contributed by atoms with van der Waals surface area (Å²) < 4.78 is 0. The summed E-state index contributed by atoms with van der Waals surface area (Å²) in [6.45, 7) is 8.95. The standard InChI is InChI=1S/C13H22O/c1-10(9-14)5-7-12-8-6-11(2)13(12,3)4/h5,9,11-12H,6-8H2,1-4H3/b10-5+. The van der Waals surface area contributed by atoms with Crippen molar-refractivity contribution in [3.63, 3.8) is 0 Å². The fraction of sp³-hybridized carbons (Fsp3) is 0.769. The van der Waals surface area contributed by atoms with Gasteiger partial charge in [0.1, 0.15) is 6.29 Å². The van der Waals surface area contributed by atoms with Gasteiger partial charge in [-0.2, -0.15) is 0 Å². The molecule has 1 nitrogen and oxygen atoms in total.